The summed E-state index contributed by atoms with van der Waals surface area (Å²) in [6.07, 6.45) is 7.09. The fourth-order valence-electron chi connectivity index (χ4n) is 2.65. The van der Waals surface area contributed by atoms with Crippen LogP contribution in [0, 0.1) is 0 Å². The van der Waals surface area contributed by atoms with Gasteiger partial charge in [0.05, 0.1) is 12.6 Å². The fourth-order valence-corrected chi connectivity index (χ4v) is 2.65. The number of ketones is 1. The van der Waals surface area contributed by atoms with E-state index in [9.17, 15) is 4.79 Å². The molecule has 0 aliphatic heterocycles. The van der Waals surface area contributed by atoms with Gasteiger partial charge in [0.25, 0.3) is 0 Å². The molecule has 0 spiro atoms. The molecule has 0 atom stereocenters. The Morgan fingerprint density at radius 2 is 1.78 bits per heavy atom. The molecule has 2 aromatic carbocycles. The number of nitrogens with zero attached hydrogens (tertiary/aromatic N) is 2. The number of methoxy groups -OCH3 is 1. The third-order valence-corrected chi connectivity index (χ3v) is 4.21. The molecule has 0 fully saturated rings. The van der Waals surface area contributed by atoms with Crippen LogP contribution in [0.25, 0.3) is 17.0 Å². The second-order valence-electron chi connectivity index (χ2n) is 6.32. The molecule has 136 valence electrons. The van der Waals surface area contributed by atoms with Crippen molar-refractivity contribution in [3.05, 3.63) is 84.1 Å². The zero-order valence-corrected chi connectivity index (χ0v) is 15.7. The van der Waals surface area contributed by atoms with Crippen molar-refractivity contribution in [2.45, 2.75) is 0 Å². The average molecular weight is 358 g/mol. The molecular weight excluding hydrogens is 336 g/mol. The van der Waals surface area contributed by atoms with Crippen molar-refractivity contribution in [3.63, 3.8) is 0 Å². The molecule has 3 aromatic rings. The number of carbonyl (C=O) groups is 1. The highest BCUT2D eigenvalue weighted by Crippen LogP contribution is 2.20. The summed E-state index contributed by atoms with van der Waals surface area (Å²) in [6, 6.07) is 17.4. The lowest BCUT2D eigenvalue weighted by Crippen LogP contribution is -2.07. The molecule has 4 nitrogen and oxygen atoms in total. The van der Waals surface area contributed by atoms with Crippen molar-refractivity contribution in [2.24, 2.45) is 0 Å². The number of pyridine rings is 1. The number of aromatic nitrogens is 1. The average Bonchev–Trinajstić information content (AvgIpc) is 2.70. The maximum absolute atomic E-state index is 12.3. The Bertz CT molecular complexity index is 1000. The predicted octanol–water partition coefficient (Wildman–Crippen LogP) is 4.76. The summed E-state index contributed by atoms with van der Waals surface area (Å²) in [5.41, 5.74) is 3.42. The Morgan fingerprint density at radius 1 is 1.00 bits per heavy atom. The zero-order valence-electron chi connectivity index (χ0n) is 15.7. The summed E-state index contributed by atoms with van der Waals surface area (Å²) in [5, 5.41) is 0.941. The van der Waals surface area contributed by atoms with E-state index in [1.54, 1.807) is 19.3 Å². The van der Waals surface area contributed by atoms with E-state index in [1.807, 2.05) is 62.6 Å². The first-order chi connectivity index (χ1) is 13.1. The Hall–Kier alpha value is -3.40. The van der Waals surface area contributed by atoms with Gasteiger partial charge in [0.15, 0.2) is 0 Å². The van der Waals surface area contributed by atoms with Crippen LogP contribution in [0.1, 0.15) is 16.1 Å². The molecule has 1 heterocycles. The summed E-state index contributed by atoms with van der Waals surface area (Å²) in [5.74, 6) is 0.646. The Kier molecular flexibility index (Phi) is 5.67. The highest BCUT2D eigenvalue weighted by atomic mass is 16.5. The number of benzene rings is 2. The quantitative estimate of drug-likeness (QED) is 0.362. The van der Waals surface area contributed by atoms with Gasteiger partial charge in [-0.15, -0.1) is 0 Å². The second-order valence-corrected chi connectivity index (χ2v) is 6.32. The second kappa shape index (κ2) is 8.32. The van der Waals surface area contributed by atoms with Crippen LogP contribution >= 0.6 is 0 Å². The van der Waals surface area contributed by atoms with Gasteiger partial charge in [-0.2, -0.15) is 0 Å². The Labute approximate surface area is 159 Å². The molecule has 0 aliphatic carbocycles. The molecule has 0 bridgehead atoms. The minimum atomic E-state index is -0.125. The minimum absolute atomic E-state index is 0.125. The van der Waals surface area contributed by atoms with Crippen molar-refractivity contribution in [3.8, 4) is 5.75 Å². The lowest BCUT2D eigenvalue weighted by Gasteiger charge is -2.11. The van der Waals surface area contributed by atoms with Crippen molar-refractivity contribution in [1.29, 1.82) is 0 Å². The first-order valence-corrected chi connectivity index (χ1v) is 8.68. The third kappa shape index (κ3) is 4.61. The van der Waals surface area contributed by atoms with E-state index in [4.69, 9.17) is 4.74 Å². The van der Waals surface area contributed by atoms with Crippen LogP contribution in [0.3, 0.4) is 0 Å². The largest absolute Gasteiger partial charge is 0.497 e. The van der Waals surface area contributed by atoms with Crippen LogP contribution < -0.4 is 9.64 Å². The first kappa shape index (κ1) is 18.4. The lowest BCUT2D eigenvalue weighted by atomic mass is 10.1. The van der Waals surface area contributed by atoms with E-state index in [0.717, 1.165) is 27.9 Å². The van der Waals surface area contributed by atoms with Crippen molar-refractivity contribution < 1.29 is 9.53 Å². The van der Waals surface area contributed by atoms with Crippen LogP contribution in [0.4, 0.5) is 5.69 Å². The predicted molar refractivity (Wildman–Crippen MR) is 112 cm³/mol. The highest BCUT2D eigenvalue weighted by molar-refractivity contribution is 6.04. The number of ether oxygens (including phenoxy) is 1. The Balaban J connectivity index is 1.68. The third-order valence-electron chi connectivity index (χ3n) is 4.21. The van der Waals surface area contributed by atoms with E-state index in [-0.39, 0.29) is 5.78 Å². The molecule has 4 heteroatoms. The van der Waals surface area contributed by atoms with Gasteiger partial charge >= 0.3 is 0 Å². The van der Waals surface area contributed by atoms with E-state index in [2.05, 4.69) is 22.0 Å². The summed E-state index contributed by atoms with van der Waals surface area (Å²) < 4.78 is 5.20. The minimum Gasteiger partial charge on any atom is -0.497 e. The fraction of sp³-hybridized carbons (Fsp3) is 0.130. The summed E-state index contributed by atoms with van der Waals surface area (Å²) in [6.45, 7) is 0. The zero-order chi connectivity index (χ0) is 19.2. The molecule has 3 rings (SSSR count). The van der Waals surface area contributed by atoms with E-state index in [0.29, 0.717) is 5.69 Å². The first-order valence-electron chi connectivity index (χ1n) is 8.68. The van der Waals surface area contributed by atoms with Crippen molar-refractivity contribution in [2.75, 3.05) is 26.1 Å². The van der Waals surface area contributed by atoms with Gasteiger partial charge in [0.1, 0.15) is 11.4 Å². The molecule has 0 unspecified atom stereocenters. The van der Waals surface area contributed by atoms with Crippen molar-refractivity contribution >= 4 is 28.4 Å². The maximum Gasteiger partial charge on any atom is 0.204 e. The van der Waals surface area contributed by atoms with Gasteiger partial charge in [-0.1, -0.05) is 36.4 Å². The van der Waals surface area contributed by atoms with Crippen LogP contribution in [0.5, 0.6) is 5.75 Å². The normalized spacial score (nSPS) is 11.4. The summed E-state index contributed by atoms with van der Waals surface area (Å²) >= 11 is 0. The SMILES string of the molecule is COc1ccc2nc(C(=O)/C=C/C=C/c3ccc(N(C)C)cc3)ccc2c1. The van der Waals surface area contributed by atoms with Crippen LogP contribution in [-0.4, -0.2) is 32.0 Å². The van der Waals surface area contributed by atoms with Gasteiger partial charge in [0, 0.05) is 25.2 Å². The van der Waals surface area contributed by atoms with Gasteiger partial charge in [0.2, 0.25) is 5.78 Å². The maximum atomic E-state index is 12.3. The molecule has 0 amide bonds. The summed E-state index contributed by atoms with van der Waals surface area (Å²) in [7, 11) is 5.65. The molecule has 0 aliphatic rings. The monoisotopic (exact) mass is 358 g/mol. The number of fused-ring (bicyclic) bond motifs is 1. The number of hydrogen-bond donors (Lipinski definition) is 0. The highest BCUT2D eigenvalue weighted by Gasteiger charge is 2.05. The smallest absolute Gasteiger partial charge is 0.204 e. The molecular formula is C23H22N2O2. The molecule has 27 heavy (non-hydrogen) atoms. The molecule has 0 radical (unpaired) electrons. The standard InChI is InChI=1S/C23H22N2O2/c1-25(2)19-11-8-17(9-12-19)6-4-5-7-23(26)22-14-10-18-16-20(27-3)13-15-21(18)24-22/h4-16H,1-3H3/b6-4+,7-5+. The van der Waals surface area contributed by atoms with E-state index < -0.39 is 0 Å². The summed E-state index contributed by atoms with van der Waals surface area (Å²) in [4.78, 5) is 18.8. The Morgan fingerprint density at radius 3 is 2.48 bits per heavy atom. The van der Waals surface area contributed by atoms with Crippen LogP contribution in [-0.2, 0) is 0 Å². The van der Waals surface area contributed by atoms with Crippen LogP contribution in [0.2, 0.25) is 0 Å². The number of carbonyl (C=O) groups excluding carboxylic acids is 1. The van der Waals surface area contributed by atoms with Crippen molar-refractivity contribution in [1.82, 2.24) is 4.98 Å². The van der Waals surface area contributed by atoms with Crippen LogP contribution in [0.15, 0.2) is 72.8 Å². The molecule has 0 saturated carbocycles. The number of allylic oxidation sites excluding steroid dienone is 3. The number of hydrogen-bond acceptors (Lipinski definition) is 4. The van der Waals surface area contributed by atoms with Gasteiger partial charge < -0.3 is 9.64 Å². The van der Waals surface area contributed by atoms with Gasteiger partial charge in [-0.25, -0.2) is 4.98 Å². The molecule has 0 saturated heterocycles. The lowest BCUT2D eigenvalue weighted by molar-refractivity contribution is 0.104. The van der Waals surface area contributed by atoms with E-state index >= 15 is 0 Å². The number of anilines is 1. The number of rotatable bonds is 6. The molecule has 1 aromatic heterocycles. The molecule has 0 N–H and O–H groups in total. The van der Waals surface area contributed by atoms with E-state index in [1.165, 1.54) is 6.08 Å². The van der Waals surface area contributed by atoms with Gasteiger partial charge in [-0.3, -0.25) is 4.79 Å². The van der Waals surface area contributed by atoms with Gasteiger partial charge in [-0.05, 0) is 48.0 Å². The topological polar surface area (TPSA) is 42.4 Å².